The molecule has 4 nitrogen and oxygen atoms in total. The average Bonchev–Trinajstić information content (AvgIpc) is 2.89. The van der Waals surface area contributed by atoms with E-state index in [1.165, 1.54) is 13.0 Å². The van der Waals surface area contributed by atoms with Gasteiger partial charge in [-0.3, -0.25) is 9.59 Å². The summed E-state index contributed by atoms with van der Waals surface area (Å²) < 4.78 is 27.4. The van der Waals surface area contributed by atoms with Crippen LogP contribution >= 0.6 is 0 Å². The molecule has 2 aromatic rings. The van der Waals surface area contributed by atoms with E-state index in [0.717, 1.165) is 29.8 Å². The lowest BCUT2D eigenvalue weighted by Crippen LogP contribution is -2.39. The number of halogens is 2. The van der Waals surface area contributed by atoms with Gasteiger partial charge in [0.2, 0.25) is 11.8 Å². The van der Waals surface area contributed by atoms with E-state index in [1.807, 2.05) is 31.2 Å². The van der Waals surface area contributed by atoms with Crippen molar-refractivity contribution in [1.82, 2.24) is 5.32 Å². The number of nitrogens with zero attached hydrogens (tertiary/aromatic N) is 1. The second-order valence-corrected chi connectivity index (χ2v) is 6.57. The average molecular weight is 358 g/mol. The van der Waals surface area contributed by atoms with Crippen molar-refractivity contribution in [1.29, 1.82) is 0 Å². The SMILES string of the molecule is CC(=O)NC(CC(=O)N1c2ccccc2CC1C)c1ccc(F)cc1F. The van der Waals surface area contributed by atoms with E-state index in [-0.39, 0.29) is 29.8 Å². The predicted octanol–water partition coefficient (Wildman–Crippen LogP) is 3.51. The number of para-hydroxylation sites is 1. The number of anilines is 1. The summed E-state index contributed by atoms with van der Waals surface area (Å²) in [5.74, 6) is -2.10. The van der Waals surface area contributed by atoms with Crippen LogP contribution in [0.2, 0.25) is 0 Å². The molecule has 0 saturated carbocycles. The first-order valence-corrected chi connectivity index (χ1v) is 8.49. The highest BCUT2D eigenvalue weighted by Gasteiger charge is 2.32. The molecule has 0 fully saturated rings. The van der Waals surface area contributed by atoms with Gasteiger partial charge < -0.3 is 10.2 Å². The van der Waals surface area contributed by atoms with Gasteiger partial charge in [0, 0.05) is 30.3 Å². The van der Waals surface area contributed by atoms with Crippen LogP contribution < -0.4 is 10.2 Å². The van der Waals surface area contributed by atoms with Gasteiger partial charge in [-0.1, -0.05) is 24.3 Å². The Morgan fingerprint density at radius 2 is 1.96 bits per heavy atom. The Morgan fingerprint density at radius 1 is 1.23 bits per heavy atom. The number of carbonyl (C=O) groups is 2. The zero-order valence-corrected chi connectivity index (χ0v) is 14.6. The smallest absolute Gasteiger partial charge is 0.229 e. The lowest BCUT2D eigenvalue weighted by molar-refractivity contribution is -0.121. The Balaban J connectivity index is 1.87. The summed E-state index contributed by atoms with van der Waals surface area (Å²) >= 11 is 0. The number of rotatable bonds is 4. The molecule has 1 N–H and O–H groups in total. The molecule has 0 aliphatic carbocycles. The highest BCUT2D eigenvalue weighted by molar-refractivity contribution is 5.96. The van der Waals surface area contributed by atoms with Gasteiger partial charge in [0.05, 0.1) is 12.5 Å². The van der Waals surface area contributed by atoms with Gasteiger partial charge in [-0.2, -0.15) is 0 Å². The number of amides is 2. The second-order valence-electron chi connectivity index (χ2n) is 6.57. The van der Waals surface area contributed by atoms with E-state index in [4.69, 9.17) is 0 Å². The number of benzene rings is 2. The van der Waals surface area contributed by atoms with Crippen LogP contribution in [-0.2, 0) is 16.0 Å². The second kappa shape index (κ2) is 7.23. The number of hydrogen-bond donors (Lipinski definition) is 1. The van der Waals surface area contributed by atoms with E-state index in [0.29, 0.717) is 0 Å². The normalized spacial score (nSPS) is 16.9. The molecule has 0 bridgehead atoms. The Kier molecular flexibility index (Phi) is 5.02. The maximum atomic E-state index is 14.2. The minimum absolute atomic E-state index is 0.0176. The zero-order chi connectivity index (χ0) is 18.8. The van der Waals surface area contributed by atoms with Crippen molar-refractivity contribution in [3.8, 4) is 0 Å². The van der Waals surface area contributed by atoms with Crippen molar-refractivity contribution >= 4 is 17.5 Å². The molecule has 0 aromatic heterocycles. The van der Waals surface area contributed by atoms with Gasteiger partial charge in [0.25, 0.3) is 0 Å². The molecule has 1 aliphatic rings. The van der Waals surface area contributed by atoms with Crippen LogP contribution in [0.25, 0.3) is 0 Å². The Bertz CT molecular complexity index is 853. The molecule has 0 radical (unpaired) electrons. The van der Waals surface area contributed by atoms with Gasteiger partial charge in [0.1, 0.15) is 11.6 Å². The first-order valence-electron chi connectivity index (χ1n) is 8.49. The molecular formula is C20H20F2N2O2. The first kappa shape index (κ1) is 18.0. The van der Waals surface area contributed by atoms with Gasteiger partial charge in [-0.15, -0.1) is 0 Å². The Hall–Kier alpha value is -2.76. The van der Waals surface area contributed by atoms with E-state index < -0.39 is 17.7 Å². The van der Waals surface area contributed by atoms with Crippen molar-refractivity contribution < 1.29 is 18.4 Å². The summed E-state index contributed by atoms with van der Waals surface area (Å²) in [6.07, 6.45) is 0.637. The fourth-order valence-corrected chi connectivity index (χ4v) is 3.49. The molecule has 2 aromatic carbocycles. The molecule has 3 rings (SSSR count). The zero-order valence-electron chi connectivity index (χ0n) is 14.6. The molecule has 2 amide bonds. The van der Waals surface area contributed by atoms with E-state index in [2.05, 4.69) is 5.32 Å². The summed E-state index contributed by atoms with van der Waals surface area (Å²) in [6, 6.07) is 9.90. The first-order chi connectivity index (χ1) is 12.4. The molecule has 26 heavy (non-hydrogen) atoms. The maximum absolute atomic E-state index is 14.2. The molecule has 1 aliphatic heterocycles. The molecular weight excluding hydrogens is 338 g/mol. The van der Waals surface area contributed by atoms with E-state index in [9.17, 15) is 18.4 Å². The van der Waals surface area contributed by atoms with E-state index >= 15 is 0 Å². The molecule has 2 unspecified atom stereocenters. The van der Waals surface area contributed by atoms with E-state index in [1.54, 1.807) is 4.90 Å². The topological polar surface area (TPSA) is 49.4 Å². The van der Waals surface area contributed by atoms with Crippen LogP contribution in [0.15, 0.2) is 42.5 Å². The minimum Gasteiger partial charge on any atom is -0.349 e. The van der Waals surface area contributed by atoms with Crippen molar-refractivity contribution in [2.45, 2.75) is 38.8 Å². The minimum atomic E-state index is -0.861. The summed E-state index contributed by atoms with van der Waals surface area (Å²) in [5, 5.41) is 2.60. The van der Waals surface area contributed by atoms with Crippen LogP contribution in [-0.4, -0.2) is 17.9 Å². The highest BCUT2D eigenvalue weighted by Crippen LogP contribution is 2.33. The molecule has 1 heterocycles. The van der Waals surface area contributed by atoms with Crippen LogP contribution in [0.1, 0.15) is 37.4 Å². The number of fused-ring (bicyclic) bond motifs is 1. The van der Waals surface area contributed by atoms with Gasteiger partial charge >= 0.3 is 0 Å². The van der Waals surface area contributed by atoms with Gasteiger partial charge in [-0.25, -0.2) is 8.78 Å². The van der Waals surface area contributed by atoms with Gasteiger partial charge in [0.15, 0.2) is 0 Å². The van der Waals surface area contributed by atoms with Crippen LogP contribution in [0.4, 0.5) is 14.5 Å². The quantitative estimate of drug-likeness (QED) is 0.909. The number of hydrogen-bond acceptors (Lipinski definition) is 2. The Morgan fingerprint density at radius 3 is 2.65 bits per heavy atom. The third kappa shape index (κ3) is 3.59. The number of nitrogens with one attached hydrogen (secondary N) is 1. The molecule has 0 spiro atoms. The van der Waals surface area contributed by atoms with Crippen LogP contribution in [0.5, 0.6) is 0 Å². The molecule has 0 saturated heterocycles. The molecule has 136 valence electrons. The van der Waals surface area contributed by atoms with Crippen LogP contribution in [0.3, 0.4) is 0 Å². The standard InChI is InChI=1S/C20H20F2N2O2/c1-12-9-14-5-3-4-6-19(14)24(12)20(26)11-18(23-13(2)25)16-8-7-15(21)10-17(16)22/h3-8,10,12,18H,9,11H2,1-2H3,(H,23,25). The fraction of sp³-hybridized carbons (Fsp3) is 0.300. The summed E-state index contributed by atoms with van der Waals surface area (Å²) in [7, 11) is 0. The van der Waals surface area contributed by atoms with Gasteiger partial charge in [-0.05, 0) is 31.0 Å². The molecule has 6 heteroatoms. The lowest BCUT2D eigenvalue weighted by atomic mass is 10.0. The third-order valence-corrected chi connectivity index (χ3v) is 4.57. The third-order valence-electron chi connectivity index (χ3n) is 4.57. The van der Waals surface area contributed by atoms with Crippen molar-refractivity contribution in [3.05, 3.63) is 65.2 Å². The lowest BCUT2D eigenvalue weighted by Gasteiger charge is -2.26. The molecule has 2 atom stereocenters. The number of carbonyl (C=O) groups excluding carboxylic acids is 2. The predicted molar refractivity (Wildman–Crippen MR) is 94.6 cm³/mol. The largest absolute Gasteiger partial charge is 0.349 e. The van der Waals surface area contributed by atoms with Crippen molar-refractivity contribution in [3.63, 3.8) is 0 Å². The highest BCUT2D eigenvalue weighted by atomic mass is 19.1. The van der Waals surface area contributed by atoms with Crippen LogP contribution in [0, 0.1) is 11.6 Å². The van der Waals surface area contributed by atoms with Crippen molar-refractivity contribution in [2.75, 3.05) is 4.90 Å². The fourth-order valence-electron chi connectivity index (χ4n) is 3.49. The summed E-state index contributed by atoms with van der Waals surface area (Å²) in [4.78, 5) is 26.2. The summed E-state index contributed by atoms with van der Waals surface area (Å²) in [5.41, 5.74) is 2.01. The summed E-state index contributed by atoms with van der Waals surface area (Å²) in [6.45, 7) is 3.25. The monoisotopic (exact) mass is 358 g/mol. The van der Waals surface area contributed by atoms with Crippen molar-refractivity contribution in [2.24, 2.45) is 0 Å². The maximum Gasteiger partial charge on any atom is 0.229 e. The Labute approximate surface area is 150 Å².